The molecule has 0 spiro atoms. The Hall–Kier alpha value is -14.9. The van der Waals surface area contributed by atoms with Crippen LogP contribution in [0.5, 0.6) is 0 Å². The van der Waals surface area contributed by atoms with E-state index in [2.05, 4.69) is 452 Å². The lowest BCUT2D eigenvalue weighted by molar-refractivity contribution is 0.660. The predicted molar refractivity (Wildman–Crippen MR) is 607 cm³/mol. The summed E-state index contributed by atoms with van der Waals surface area (Å²) >= 11 is 33.0. The van der Waals surface area contributed by atoms with Gasteiger partial charge in [-0.3, -0.25) is 0 Å². The second-order valence-electron chi connectivity index (χ2n) is 35.1. The van der Waals surface area contributed by atoms with Crippen LogP contribution in [-0.4, -0.2) is 0 Å². The number of halogens is 4. The number of para-hydroxylation sites is 1. The molecule has 25 aromatic rings. The molecule has 0 unspecified atom stereocenters. The van der Waals surface area contributed by atoms with Gasteiger partial charge in [0.05, 0.1) is 22.7 Å². The van der Waals surface area contributed by atoms with Crippen LogP contribution < -0.4 is 19.6 Å². The van der Waals surface area contributed by atoms with Crippen molar-refractivity contribution in [3.63, 3.8) is 0 Å². The molecule has 0 radical (unpaired) electrons. The molecule has 12 heteroatoms. The van der Waals surface area contributed by atoms with E-state index in [0.29, 0.717) is 0 Å². The summed E-state index contributed by atoms with van der Waals surface area (Å²) in [5, 5.41) is 15.6. The Kier molecular flexibility index (Phi) is 24.2. The van der Waals surface area contributed by atoms with Crippen LogP contribution in [-0.2, 0) is 5.41 Å². The van der Waals surface area contributed by atoms with Gasteiger partial charge >= 0.3 is 0 Å². The van der Waals surface area contributed by atoms with Crippen LogP contribution in [0.2, 0.25) is 20.1 Å². The van der Waals surface area contributed by atoms with Crippen LogP contribution in [0.25, 0.3) is 136 Å². The highest BCUT2D eigenvalue weighted by Crippen LogP contribution is 2.56. The van der Waals surface area contributed by atoms with Crippen LogP contribution in [0.1, 0.15) is 25.0 Å². The van der Waals surface area contributed by atoms with E-state index in [1.54, 1.807) is 0 Å². The third-order valence-electron chi connectivity index (χ3n) is 26.3. The van der Waals surface area contributed by atoms with Crippen molar-refractivity contribution in [2.45, 2.75) is 19.3 Å². The summed E-state index contributed by atoms with van der Waals surface area (Å²) in [6.07, 6.45) is 0. The Morgan fingerprint density at radius 3 is 1.17 bits per heavy atom. The van der Waals surface area contributed by atoms with E-state index in [0.717, 1.165) is 88.3 Å². The summed E-state index contributed by atoms with van der Waals surface area (Å²) < 4.78 is 10.4. The van der Waals surface area contributed by atoms with Crippen LogP contribution in [0.15, 0.2) is 485 Å². The maximum Gasteiger partial charge on any atom is 0.0555 e. The Bertz CT molecular complexity index is 8890. The molecule has 4 nitrogen and oxygen atoms in total. The Labute approximate surface area is 843 Å². The summed E-state index contributed by atoms with van der Waals surface area (Å²) in [7, 11) is 0. The van der Waals surface area contributed by atoms with Crippen LogP contribution in [0, 0.1) is 0 Å². The molecule has 139 heavy (non-hydrogen) atoms. The highest BCUT2D eigenvalue weighted by molar-refractivity contribution is 7.27. The van der Waals surface area contributed by atoms with Gasteiger partial charge in [0.1, 0.15) is 0 Å². The van der Waals surface area contributed by atoms with Crippen molar-refractivity contribution < 1.29 is 0 Å². The van der Waals surface area contributed by atoms with E-state index in [4.69, 9.17) is 46.4 Å². The van der Waals surface area contributed by atoms with Gasteiger partial charge < -0.3 is 19.6 Å². The molecule has 0 N–H and O–H groups in total. The number of hydrogen-bond acceptors (Lipinski definition) is 8. The van der Waals surface area contributed by atoms with E-state index in [1.165, 1.54) is 147 Å². The number of fused-ring (bicyclic) bond motifs is 16. The standard InChI is InChI=1S/C39H28ClNS.2C30H20ClNS.C28H18ClNS/c1-39(2)32-17-9-16-29(25-11-4-3-5-12-25)37(32)30-22-21-28(24-33(30)39)41(27-14-8-13-26(40)23-27)34-18-10-20-36-38(34)31-15-6-7-19-35(31)42-36;31-22-17-19-23(20-18-22)32(26-13-6-4-11-24(26)21-9-2-1-3-10-21)27-14-8-16-29-30(27)25-12-5-7-15-28(25)33-29;31-23-9-6-10-25(19-23)32(24-15-13-22(14-16-24)21-7-2-1-3-8-21)26-17-18-30-28(20-26)27-11-4-5-12-29(27)33-30;29-20-9-6-10-21(17-20)30(26-13-5-8-19-7-1-2-11-23(19)26)22-15-16-25-24-12-3-4-14-27(24)31-28(25)18-22/h3-24H,1-2H3;2*1-20H;1-18H. The van der Waals surface area contributed by atoms with Crippen molar-refractivity contribution in [2.75, 3.05) is 19.6 Å². The van der Waals surface area contributed by atoms with Gasteiger partial charge in [-0.05, 0) is 250 Å². The van der Waals surface area contributed by atoms with E-state index in [1.807, 2.05) is 112 Å². The average molecular weight is 1940 g/mol. The highest BCUT2D eigenvalue weighted by atomic mass is 35.5. The van der Waals surface area contributed by atoms with Gasteiger partial charge in [-0.1, -0.05) is 351 Å². The number of benzene rings is 21. The average Bonchev–Trinajstić information content (AvgIpc) is 1.56. The summed E-state index contributed by atoms with van der Waals surface area (Å²) in [5.41, 5.74) is 25.8. The Balaban J connectivity index is 0.000000104. The number of rotatable bonds is 15. The van der Waals surface area contributed by atoms with Gasteiger partial charge in [0.2, 0.25) is 0 Å². The molecular weight excluding hydrogens is 1850 g/mol. The molecule has 0 saturated carbocycles. The highest BCUT2D eigenvalue weighted by Gasteiger charge is 2.38. The Morgan fingerprint density at radius 1 is 0.187 bits per heavy atom. The molecular formula is C127H86Cl4N4S4. The van der Waals surface area contributed by atoms with Crippen LogP contribution in [0.3, 0.4) is 0 Å². The van der Waals surface area contributed by atoms with E-state index in [9.17, 15) is 0 Å². The fraction of sp³-hybridized carbons (Fsp3) is 0.0236. The van der Waals surface area contributed by atoms with Crippen molar-refractivity contribution in [3.05, 3.63) is 517 Å². The van der Waals surface area contributed by atoms with Gasteiger partial charge in [0.25, 0.3) is 0 Å². The molecule has 0 aliphatic heterocycles. The molecule has 0 fully saturated rings. The zero-order valence-corrected chi connectivity index (χ0v) is 81.9. The fourth-order valence-electron chi connectivity index (χ4n) is 19.9. The second kappa shape index (κ2) is 38.2. The molecule has 0 bridgehead atoms. The van der Waals surface area contributed by atoms with Crippen molar-refractivity contribution in [1.29, 1.82) is 0 Å². The topological polar surface area (TPSA) is 13.0 Å². The summed E-state index contributed by atoms with van der Waals surface area (Å²) in [6, 6.07) is 172. The predicted octanol–water partition coefficient (Wildman–Crippen LogP) is 41.2. The molecule has 4 aromatic heterocycles. The molecule has 666 valence electrons. The first kappa shape index (κ1) is 88.1. The van der Waals surface area contributed by atoms with E-state index in [-0.39, 0.29) is 5.41 Å². The molecule has 26 rings (SSSR count). The second-order valence-corrected chi connectivity index (χ2v) is 41.1. The third-order valence-corrected chi connectivity index (χ3v) is 31.8. The lowest BCUT2D eigenvalue weighted by atomic mass is 9.81. The minimum atomic E-state index is -0.146. The normalized spacial score (nSPS) is 11.9. The zero-order chi connectivity index (χ0) is 93.6. The summed E-state index contributed by atoms with van der Waals surface area (Å²) in [6.45, 7) is 4.71. The van der Waals surface area contributed by atoms with Crippen molar-refractivity contribution in [3.8, 4) is 44.5 Å². The molecule has 1 aliphatic rings. The SMILES string of the molecule is CC1(C)c2cc(N(c3cccc(Cl)c3)c3cccc4sc5ccccc5c34)ccc2-c2c(-c3ccccc3)cccc21.Clc1ccc(N(c2ccccc2-c2ccccc2)c2cccc3sc4ccccc4c23)cc1.Clc1cccc(N(c2ccc(-c3ccccc3)cc2)c2ccc3sc4ccccc4c3c2)c1.Clc1cccc(N(c2ccc3c(c2)sc2ccccc23)c2cccc3ccccc23)c1. The smallest absolute Gasteiger partial charge is 0.0555 e. The third kappa shape index (κ3) is 17.2. The van der Waals surface area contributed by atoms with E-state index >= 15 is 0 Å². The molecule has 4 heterocycles. The zero-order valence-electron chi connectivity index (χ0n) is 75.6. The first-order valence-electron chi connectivity index (χ1n) is 46.3. The molecule has 0 atom stereocenters. The minimum absolute atomic E-state index is 0.146. The van der Waals surface area contributed by atoms with Gasteiger partial charge in [-0.25, -0.2) is 0 Å². The number of anilines is 12. The number of hydrogen-bond donors (Lipinski definition) is 0. The summed E-state index contributed by atoms with van der Waals surface area (Å²) in [5.74, 6) is 0. The molecule has 1 aliphatic carbocycles. The lowest BCUT2D eigenvalue weighted by Gasteiger charge is -2.29. The number of nitrogens with zero attached hydrogens (tertiary/aromatic N) is 4. The molecule has 0 amide bonds. The van der Waals surface area contributed by atoms with Crippen molar-refractivity contribution >= 4 is 251 Å². The van der Waals surface area contributed by atoms with Gasteiger partial charge in [0, 0.05) is 163 Å². The van der Waals surface area contributed by atoms with Crippen LogP contribution in [0.4, 0.5) is 68.2 Å². The first-order valence-corrected chi connectivity index (χ1v) is 51.1. The molecule has 21 aromatic carbocycles. The number of thiophene rings is 4. The maximum absolute atomic E-state index is 6.61. The van der Waals surface area contributed by atoms with E-state index < -0.39 is 0 Å². The monoisotopic (exact) mass is 1930 g/mol. The first-order chi connectivity index (χ1) is 68.3. The quantitative estimate of drug-likeness (QED) is 0.101. The van der Waals surface area contributed by atoms with Gasteiger partial charge in [-0.2, -0.15) is 0 Å². The van der Waals surface area contributed by atoms with Crippen LogP contribution >= 0.6 is 91.8 Å². The van der Waals surface area contributed by atoms with Gasteiger partial charge in [-0.15, -0.1) is 45.3 Å². The maximum atomic E-state index is 6.61. The molecule has 0 saturated heterocycles. The largest absolute Gasteiger partial charge is 0.310 e. The minimum Gasteiger partial charge on any atom is -0.310 e. The lowest BCUT2D eigenvalue weighted by Crippen LogP contribution is -2.16. The van der Waals surface area contributed by atoms with Crippen molar-refractivity contribution in [1.82, 2.24) is 0 Å². The van der Waals surface area contributed by atoms with Gasteiger partial charge in [0.15, 0.2) is 0 Å². The Morgan fingerprint density at radius 2 is 0.554 bits per heavy atom. The summed E-state index contributed by atoms with van der Waals surface area (Å²) in [4.78, 5) is 9.32. The fourth-order valence-corrected chi connectivity index (χ4v) is 25.0. The van der Waals surface area contributed by atoms with Crippen molar-refractivity contribution in [2.24, 2.45) is 0 Å².